The Balaban J connectivity index is 1.86. The number of carbonyl (C=O) groups is 1. The lowest BCUT2D eigenvalue weighted by atomic mass is 9.84. The third-order valence-electron chi connectivity index (χ3n) is 4.25. The monoisotopic (exact) mass is 306 g/mol. The fourth-order valence-corrected chi connectivity index (χ4v) is 2.94. The number of rotatable bonds is 3. The Labute approximate surface area is 135 Å². The Morgan fingerprint density at radius 3 is 2.30 bits per heavy atom. The predicted octanol–water partition coefficient (Wildman–Crippen LogP) is 2.99. The molecule has 0 spiro atoms. The molecule has 1 heterocycles. The molecule has 1 saturated heterocycles. The molecule has 0 aliphatic carbocycles. The summed E-state index contributed by atoms with van der Waals surface area (Å²) >= 11 is 0. The minimum atomic E-state index is -0.586. The average Bonchev–Trinajstić information content (AvgIpc) is 2.63. The third kappa shape index (κ3) is 3.25. The van der Waals surface area contributed by atoms with Crippen LogP contribution in [0, 0.1) is 11.3 Å². The quantitative estimate of drug-likeness (QED) is 0.886. The van der Waals surface area contributed by atoms with E-state index in [-0.39, 0.29) is 5.97 Å². The van der Waals surface area contributed by atoms with E-state index in [1.54, 1.807) is 24.3 Å². The second kappa shape index (κ2) is 6.64. The highest BCUT2D eigenvalue weighted by Crippen LogP contribution is 2.35. The van der Waals surface area contributed by atoms with E-state index in [1.807, 2.05) is 36.4 Å². The molecule has 23 heavy (non-hydrogen) atoms. The van der Waals surface area contributed by atoms with E-state index in [9.17, 15) is 4.79 Å². The van der Waals surface area contributed by atoms with E-state index >= 15 is 0 Å². The van der Waals surface area contributed by atoms with Gasteiger partial charge in [0.2, 0.25) is 0 Å². The first kappa shape index (κ1) is 15.3. The fourth-order valence-electron chi connectivity index (χ4n) is 2.94. The summed E-state index contributed by atoms with van der Waals surface area (Å²) in [6, 6.07) is 18.5. The molecule has 1 fully saturated rings. The minimum Gasteiger partial charge on any atom is -0.450 e. The molecule has 0 amide bonds. The van der Waals surface area contributed by atoms with Crippen molar-refractivity contribution in [2.75, 3.05) is 13.1 Å². The summed E-state index contributed by atoms with van der Waals surface area (Å²) in [4.78, 5) is 12.6. The summed E-state index contributed by atoms with van der Waals surface area (Å²) in [5, 5.41) is 12.2. The van der Waals surface area contributed by atoms with Gasteiger partial charge in [0.1, 0.15) is 5.60 Å². The number of nitriles is 1. The van der Waals surface area contributed by atoms with Gasteiger partial charge in [-0.1, -0.05) is 30.3 Å². The zero-order valence-corrected chi connectivity index (χ0v) is 12.8. The lowest BCUT2D eigenvalue weighted by Gasteiger charge is -2.37. The van der Waals surface area contributed by atoms with Crippen LogP contribution in [-0.4, -0.2) is 19.1 Å². The summed E-state index contributed by atoms with van der Waals surface area (Å²) < 4.78 is 5.96. The topological polar surface area (TPSA) is 62.1 Å². The van der Waals surface area contributed by atoms with Gasteiger partial charge < -0.3 is 10.1 Å². The van der Waals surface area contributed by atoms with Crippen molar-refractivity contribution >= 4 is 5.97 Å². The van der Waals surface area contributed by atoms with Gasteiger partial charge in [0.15, 0.2) is 0 Å². The van der Waals surface area contributed by atoms with Crippen LogP contribution < -0.4 is 5.32 Å². The summed E-state index contributed by atoms with van der Waals surface area (Å²) in [5.41, 5.74) is 1.44. The van der Waals surface area contributed by atoms with Crippen LogP contribution in [0.3, 0.4) is 0 Å². The number of nitrogens with one attached hydrogen (secondary N) is 1. The maximum atomic E-state index is 12.6. The van der Waals surface area contributed by atoms with Gasteiger partial charge in [0.05, 0.1) is 17.2 Å². The maximum absolute atomic E-state index is 12.6. The van der Waals surface area contributed by atoms with Gasteiger partial charge in [0, 0.05) is 12.8 Å². The maximum Gasteiger partial charge on any atom is 0.339 e. The van der Waals surface area contributed by atoms with Crippen molar-refractivity contribution in [2.45, 2.75) is 18.4 Å². The molecular weight excluding hydrogens is 288 g/mol. The van der Waals surface area contributed by atoms with Crippen LogP contribution >= 0.6 is 0 Å². The number of nitrogens with zero attached hydrogens (tertiary/aromatic N) is 1. The summed E-state index contributed by atoms with van der Waals surface area (Å²) in [6.07, 6.45) is 1.50. The molecule has 2 aromatic rings. The summed E-state index contributed by atoms with van der Waals surface area (Å²) in [7, 11) is 0. The molecule has 0 radical (unpaired) electrons. The SMILES string of the molecule is N#Cc1ccc(C(=O)OC2(c3ccccc3)CCNCC2)cc1. The molecule has 4 heteroatoms. The summed E-state index contributed by atoms with van der Waals surface area (Å²) in [5.74, 6) is -0.347. The van der Waals surface area contributed by atoms with Crippen molar-refractivity contribution in [1.82, 2.24) is 5.32 Å². The van der Waals surface area contributed by atoms with E-state index < -0.39 is 5.60 Å². The van der Waals surface area contributed by atoms with E-state index in [2.05, 4.69) is 5.32 Å². The second-order valence-electron chi connectivity index (χ2n) is 5.69. The molecule has 0 saturated carbocycles. The Bertz CT molecular complexity index is 711. The molecule has 1 aliphatic rings. The molecule has 4 nitrogen and oxygen atoms in total. The number of esters is 1. The number of hydrogen-bond donors (Lipinski definition) is 1. The lowest BCUT2D eigenvalue weighted by Crippen LogP contribution is -2.43. The van der Waals surface area contributed by atoms with Gasteiger partial charge in [-0.05, 0) is 42.9 Å². The molecule has 116 valence electrons. The molecule has 0 aromatic heterocycles. The first-order valence-electron chi connectivity index (χ1n) is 7.73. The van der Waals surface area contributed by atoms with Gasteiger partial charge in [-0.25, -0.2) is 4.79 Å². The van der Waals surface area contributed by atoms with Crippen molar-refractivity contribution in [3.05, 3.63) is 71.3 Å². The molecule has 0 atom stereocenters. The minimum absolute atomic E-state index is 0.347. The van der Waals surface area contributed by atoms with E-state index in [0.29, 0.717) is 11.1 Å². The highest BCUT2D eigenvalue weighted by Gasteiger charge is 2.37. The van der Waals surface area contributed by atoms with Gasteiger partial charge >= 0.3 is 5.97 Å². The zero-order chi connectivity index (χ0) is 16.1. The standard InChI is InChI=1S/C19H18N2O2/c20-14-15-6-8-16(9-7-15)18(22)23-19(10-12-21-13-11-19)17-4-2-1-3-5-17/h1-9,21H,10-13H2. The molecule has 2 aromatic carbocycles. The summed E-state index contributed by atoms with van der Waals surface area (Å²) in [6.45, 7) is 1.63. The van der Waals surface area contributed by atoms with Gasteiger partial charge in [-0.15, -0.1) is 0 Å². The highest BCUT2D eigenvalue weighted by molar-refractivity contribution is 5.89. The number of piperidine rings is 1. The Kier molecular flexibility index (Phi) is 4.40. The van der Waals surface area contributed by atoms with Crippen molar-refractivity contribution in [3.63, 3.8) is 0 Å². The van der Waals surface area contributed by atoms with Gasteiger partial charge in [-0.2, -0.15) is 5.26 Å². The fraction of sp³-hybridized carbons (Fsp3) is 0.263. The van der Waals surface area contributed by atoms with Crippen LogP contribution in [0.25, 0.3) is 0 Å². The third-order valence-corrected chi connectivity index (χ3v) is 4.25. The largest absolute Gasteiger partial charge is 0.450 e. The number of benzene rings is 2. The molecule has 0 unspecified atom stereocenters. The van der Waals surface area contributed by atoms with Crippen LogP contribution in [-0.2, 0) is 10.3 Å². The molecule has 1 aliphatic heterocycles. The van der Waals surface area contributed by atoms with Crippen LogP contribution in [0.1, 0.15) is 34.3 Å². The number of carbonyl (C=O) groups excluding carboxylic acids is 1. The van der Waals surface area contributed by atoms with Crippen LogP contribution in [0.4, 0.5) is 0 Å². The van der Waals surface area contributed by atoms with E-state index in [1.165, 1.54) is 0 Å². The van der Waals surface area contributed by atoms with Gasteiger partial charge in [0.25, 0.3) is 0 Å². The predicted molar refractivity (Wildman–Crippen MR) is 86.8 cm³/mol. The molecule has 1 N–H and O–H groups in total. The zero-order valence-electron chi connectivity index (χ0n) is 12.8. The average molecular weight is 306 g/mol. The Morgan fingerprint density at radius 2 is 1.70 bits per heavy atom. The number of hydrogen-bond acceptors (Lipinski definition) is 4. The second-order valence-corrected chi connectivity index (χ2v) is 5.69. The molecular formula is C19H18N2O2. The normalized spacial score (nSPS) is 16.3. The Morgan fingerprint density at radius 1 is 1.04 bits per heavy atom. The van der Waals surface area contributed by atoms with Crippen molar-refractivity contribution < 1.29 is 9.53 Å². The number of ether oxygens (including phenoxy) is 1. The first-order valence-corrected chi connectivity index (χ1v) is 7.73. The van der Waals surface area contributed by atoms with Crippen LogP contribution in [0.2, 0.25) is 0 Å². The Hall–Kier alpha value is -2.64. The smallest absolute Gasteiger partial charge is 0.339 e. The van der Waals surface area contributed by atoms with Crippen LogP contribution in [0.15, 0.2) is 54.6 Å². The van der Waals surface area contributed by atoms with Crippen molar-refractivity contribution in [1.29, 1.82) is 5.26 Å². The highest BCUT2D eigenvalue weighted by atomic mass is 16.6. The lowest BCUT2D eigenvalue weighted by molar-refractivity contribution is -0.0378. The van der Waals surface area contributed by atoms with Crippen molar-refractivity contribution in [3.8, 4) is 6.07 Å². The van der Waals surface area contributed by atoms with Crippen molar-refractivity contribution in [2.24, 2.45) is 0 Å². The molecule has 0 bridgehead atoms. The first-order chi connectivity index (χ1) is 11.2. The van der Waals surface area contributed by atoms with Crippen LogP contribution in [0.5, 0.6) is 0 Å². The van der Waals surface area contributed by atoms with E-state index in [4.69, 9.17) is 10.00 Å². The van der Waals surface area contributed by atoms with Gasteiger partial charge in [-0.3, -0.25) is 0 Å². The van der Waals surface area contributed by atoms with E-state index in [0.717, 1.165) is 31.5 Å². The molecule has 3 rings (SSSR count).